The molecule has 1 atom stereocenters. The van der Waals surface area contributed by atoms with Crippen molar-refractivity contribution >= 4 is 29.4 Å². The Morgan fingerprint density at radius 3 is 2.39 bits per heavy atom. The van der Waals surface area contributed by atoms with Crippen LogP contribution in [0.5, 0.6) is 0 Å². The van der Waals surface area contributed by atoms with E-state index in [2.05, 4.69) is 40.0 Å². The first-order chi connectivity index (χ1) is 14.7. The number of aromatic nitrogens is 4. The van der Waals surface area contributed by atoms with E-state index >= 15 is 0 Å². The molecule has 0 radical (unpaired) electrons. The van der Waals surface area contributed by atoms with Gasteiger partial charge in [-0.3, -0.25) is 10.1 Å². The second-order valence-corrected chi connectivity index (χ2v) is 8.95. The van der Waals surface area contributed by atoms with Crippen LogP contribution in [0.15, 0.2) is 47.6 Å². The van der Waals surface area contributed by atoms with Crippen molar-refractivity contribution in [2.45, 2.75) is 50.9 Å². The van der Waals surface area contributed by atoms with Crippen LogP contribution in [-0.2, 0) is 4.79 Å². The van der Waals surface area contributed by atoms with E-state index in [-0.39, 0.29) is 0 Å². The molecule has 0 bridgehead atoms. The minimum absolute atomic E-state index is 0.426. The molecule has 1 unspecified atom stereocenters. The monoisotopic (exact) mass is 438 g/mol. The number of hydrogen-bond donors (Lipinski definition) is 2. The molecular formula is C22H26N6O2S. The van der Waals surface area contributed by atoms with Crippen molar-refractivity contribution in [1.29, 1.82) is 0 Å². The quantitative estimate of drug-likeness (QED) is 0.559. The summed E-state index contributed by atoms with van der Waals surface area (Å²) >= 11 is 1.18. The zero-order chi connectivity index (χ0) is 22.5. The molecule has 2 N–H and O–H groups in total. The molecule has 3 rings (SSSR count). The first kappa shape index (κ1) is 22.5. The third kappa shape index (κ3) is 5.69. The van der Waals surface area contributed by atoms with E-state index in [1.165, 1.54) is 17.3 Å². The van der Waals surface area contributed by atoms with Crippen molar-refractivity contribution < 1.29 is 9.59 Å². The minimum Gasteiger partial charge on any atom is -0.307 e. The normalized spacial score (nSPS) is 11.9. The molecule has 1 aromatic heterocycles. The number of imide groups is 1. The van der Waals surface area contributed by atoms with Gasteiger partial charge in [0.05, 0.1) is 10.9 Å². The highest BCUT2D eigenvalue weighted by Gasteiger charge is 2.21. The lowest BCUT2D eigenvalue weighted by Gasteiger charge is -2.13. The van der Waals surface area contributed by atoms with Crippen LogP contribution in [0.1, 0.15) is 43.4 Å². The first-order valence-corrected chi connectivity index (χ1v) is 10.9. The van der Waals surface area contributed by atoms with Crippen molar-refractivity contribution in [1.82, 2.24) is 25.5 Å². The number of carbonyl (C=O) groups excluding carboxylic acids is 2. The van der Waals surface area contributed by atoms with Crippen molar-refractivity contribution in [2.75, 3.05) is 5.32 Å². The third-order valence-electron chi connectivity index (χ3n) is 4.76. The number of aryl methyl sites for hydroxylation is 2. The molecule has 9 heteroatoms. The number of urea groups is 1. The molecule has 3 aromatic rings. The van der Waals surface area contributed by atoms with E-state index in [9.17, 15) is 9.59 Å². The topological polar surface area (TPSA) is 102 Å². The van der Waals surface area contributed by atoms with Crippen molar-refractivity contribution in [3.8, 4) is 5.69 Å². The highest BCUT2D eigenvalue weighted by Crippen LogP contribution is 2.24. The molecule has 1 heterocycles. The molecule has 0 aliphatic rings. The summed E-state index contributed by atoms with van der Waals surface area (Å²) in [6, 6.07) is 13.0. The van der Waals surface area contributed by atoms with Crippen molar-refractivity contribution in [3.63, 3.8) is 0 Å². The molecule has 31 heavy (non-hydrogen) atoms. The molecule has 8 nitrogen and oxygen atoms in total. The number of amides is 3. The van der Waals surface area contributed by atoms with Gasteiger partial charge in [-0.15, -0.1) is 5.10 Å². The second kappa shape index (κ2) is 9.74. The minimum atomic E-state index is -0.579. The van der Waals surface area contributed by atoms with Crippen LogP contribution in [0.3, 0.4) is 0 Å². The van der Waals surface area contributed by atoms with Gasteiger partial charge < -0.3 is 5.32 Å². The number of thioether (sulfide) groups is 1. The van der Waals surface area contributed by atoms with Gasteiger partial charge in [-0.2, -0.15) is 4.68 Å². The van der Waals surface area contributed by atoms with Gasteiger partial charge in [0, 0.05) is 5.69 Å². The van der Waals surface area contributed by atoms with Crippen molar-refractivity contribution in [3.05, 3.63) is 59.2 Å². The largest absolute Gasteiger partial charge is 0.325 e. The summed E-state index contributed by atoms with van der Waals surface area (Å²) in [5.41, 5.74) is 4.70. The first-order valence-electron chi connectivity index (χ1n) is 9.99. The number of benzene rings is 2. The summed E-state index contributed by atoms with van der Waals surface area (Å²) < 4.78 is 1.58. The van der Waals surface area contributed by atoms with E-state index in [0.29, 0.717) is 16.8 Å². The lowest BCUT2D eigenvalue weighted by Crippen LogP contribution is -2.39. The predicted octanol–water partition coefficient (Wildman–Crippen LogP) is 4.23. The van der Waals surface area contributed by atoms with Gasteiger partial charge in [0.2, 0.25) is 11.1 Å². The Labute approximate surface area is 185 Å². The van der Waals surface area contributed by atoms with Gasteiger partial charge in [-0.05, 0) is 66.4 Å². The lowest BCUT2D eigenvalue weighted by atomic mass is 10.0. The highest BCUT2D eigenvalue weighted by molar-refractivity contribution is 8.00. The maximum atomic E-state index is 12.5. The van der Waals surface area contributed by atoms with Crippen LogP contribution >= 0.6 is 11.8 Å². The SMILES string of the molecule is Cc1ccc(NC(=O)NC(=O)C(C)Sc2nnnn2-c2ccc(C(C)C)cc2)c(C)c1. The van der Waals surface area contributed by atoms with E-state index in [4.69, 9.17) is 0 Å². The van der Waals surface area contributed by atoms with Gasteiger partial charge in [-0.1, -0.05) is 55.4 Å². The number of nitrogens with zero attached hydrogens (tertiary/aromatic N) is 4. The number of tetrazole rings is 1. The summed E-state index contributed by atoms with van der Waals surface area (Å²) in [6.45, 7) is 9.83. The van der Waals surface area contributed by atoms with E-state index in [0.717, 1.165) is 16.8 Å². The predicted molar refractivity (Wildman–Crippen MR) is 122 cm³/mol. The molecule has 162 valence electrons. The maximum Gasteiger partial charge on any atom is 0.325 e. The molecule has 0 aliphatic carbocycles. The molecule has 0 saturated carbocycles. The Morgan fingerprint density at radius 1 is 1.03 bits per heavy atom. The zero-order valence-electron chi connectivity index (χ0n) is 18.2. The summed E-state index contributed by atoms with van der Waals surface area (Å²) in [6.07, 6.45) is 0. The van der Waals surface area contributed by atoms with Crippen LogP contribution in [0, 0.1) is 13.8 Å². The van der Waals surface area contributed by atoms with Crippen LogP contribution in [0.4, 0.5) is 10.5 Å². The summed E-state index contributed by atoms with van der Waals surface area (Å²) in [7, 11) is 0. The lowest BCUT2D eigenvalue weighted by molar-refractivity contribution is -0.119. The molecule has 0 aliphatic heterocycles. The standard InChI is InChI=1S/C22H26N6O2S/c1-13(2)17-7-9-18(10-8-17)28-22(25-26-27-28)31-16(5)20(29)24-21(30)23-19-11-6-14(3)12-15(19)4/h6-13,16H,1-5H3,(H2,23,24,29,30). The smallest absolute Gasteiger partial charge is 0.307 e. The number of carbonyl (C=O) groups is 2. The van der Waals surface area contributed by atoms with Gasteiger partial charge in [-0.25, -0.2) is 4.79 Å². The fourth-order valence-electron chi connectivity index (χ4n) is 2.95. The molecule has 2 aromatic carbocycles. The summed E-state index contributed by atoms with van der Waals surface area (Å²) in [4.78, 5) is 24.8. The van der Waals surface area contributed by atoms with Crippen molar-refractivity contribution in [2.24, 2.45) is 0 Å². The maximum absolute atomic E-state index is 12.5. The molecule has 0 spiro atoms. The van der Waals surface area contributed by atoms with Crippen LogP contribution in [-0.4, -0.2) is 37.4 Å². The van der Waals surface area contributed by atoms with Gasteiger partial charge >= 0.3 is 6.03 Å². The van der Waals surface area contributed by atoms with E-state index in [1.807, 2.05) is 56.3 Å². The number of hydrogen-bond acceptors (Lipinski definition) is 6. The Morgan fingerprint density at radius 2 is 1.74 bits per heavy atom. The molecule has 0 saturated heterocycles. The zero-order valence-corrected chi connectivity index (χ0v) is 19.0. The fraction of sp³-hybridized carbons (Fsp3) is 0.318. The fourth-order valence-corrected chi connectivity index (χ4v) is 3.76. The Balaban J connectivity index is 1.62. The van der Waals surface area contributed by atoms with Crippen LogP contribution < -0.4 is 10.6 Å². The van der Waals surface area contributed by atoms with Gasteiger partial charge in [0.1, 0.15) is 0 Å². The number of nitrogens with one attached hydrogen (secondary N) is 2. The molecular weight excluding hydrogens is 412 g/mol. The summed E-state index contributed by atoms with van der Waals surface area (Å²) in [5.74, 6) is -0.00713. The molecule has 3 amide bonds. The Hall–Kier alpha value is -3.20. The Bertz CT molecular complexity index is 1080. The number of rotatable bonds is 6. The molecule has 0 fully saturated rings. The average Bonchev–Trinajstić information content (AvgIpc) is 3.18. The highest BCUT2D eigenvalue weighted by atomic mass is 32.2. The van der Waals surface area contributed by atoms with Crippen LogP contribution in [0.2, 0.25) is 0 Å². The van der Waals surface area contributed by atoms with E-state index in [1.54, 1.807) is 11.6 Å². The second-order valence-electron chi connectivity index (χ2n) is 7.64. The average molecular weight is 439 g/mol. The van der Waals surface area contributed by atoms with Gasteiger partial charge in [0.15, 0.2) is 0 Å². The van der Waals surface area contributed by atoms with Gasteiger partial charge in [0.25, 0.3) is 0 Å². The number of anilines is 1. The van der Waals surface area contributed by atoms with E-state index < -0.39 is 17.2 Å². The Kier molecular flexibility index (Phi) is 7.06. The summed E-state index contributed by atoms with van der Waals surface area (Å²) in [5, 5.41) is 16.8. The third-order valence-corrected chi connectivity index (χ3v) is 5.80. The van der Waals surface area contributed by atoms with Crippen LogP contribution in [0.25, 0.3) is 5.69 Å².